The van der Waals surface area contributed by atoms with E-state index in [0.717, 1.165) is 17.3 Å². The third-order valence-electron chi connectivity index (χ3n) is 3.24. The van der Waals surface area contributed by atoms with Gasteiger partial charge in [0.1, 0.15) is 6.07 Å². The van der Waals surface area contributed by atoms with Gasteiger partial charge >= 0.3 is 0 Å². The van der Waals surface area contributed by atoms with Gasteiger partial charge in [0.05, 0.1) is 16.8 Å². The first-order valence-electron chi connectivity index (χ1n) is 5.75. The van der Waals surface area contributed by atoms with Crippen molar-refractivity contribution in [1.82, 2.24) is 4.98 Å². The van der Waals surface area contributed by atoms with Crippen molar-refractivity contribution < 1.29 is 0 Å². The molecule has 2 rings (SSSR count). The van der Waals surface area contributed by atoms with E-state index < -0.39 is 0 Å². The van der Waals surface area contributed by atoms with Crippen molar-refractivity contribution in [1.29, 1.82) is 5.26 Å². The summed E-state index contributed by atoms with van der Waals surface area (Å²) in [7, 11) is 0. The molecule has 0 bridgehead atoms. The van der Waals surface area contributed by atoms with Gasteiger partial charge in [-0.25, -0.2) is 0 Å². The summed E-state index contributed by atoms with van der Waals surface area (Å²) < 4.78 is 0. The number of benzene rings is 1. The number of fused-ring (bicyclic) bond motifs is 1. The van der Waals surface area contributed by atoms with Gasteiger partial charge in [0.25, 0.3) is 0 Å². The summed E-state index contributed by atoms with van der Waals surface area (Å²) in [5.41, 5.74) is 9.03. The van der Waals surface area contributed by atoms with E-state index >= 15 is 0 Å². The molecular weight excluding hydrogens is 210 g/mol. The highest BCUT2D eigenvalue weighted by atomic mass is 14.7. The van der Waals surface area contributed by atoms with E-state index in [9.17, 15) is 0 Å². The number of pyridine rings is 1. The molecule has 2 N–H and O–H groups in total. The van der Waals surface area contributed by atoms with Crippen LogP contribution in [-0.4, -0.2) is 4.98 Å². The summed E-state index contributed by atoms with van der Waals surface area (Å²) in [6.45, 7) is 4.33. The van der Waals surface area contributed by atoms with Crippen LogP contribution < -0.4 is 5.73 Å². The zero-order chi connectivity index (χ0) is 12.4. The third kappa shape index (κ3) is 1.94. The summed E-state index contributed by atoms with van der Waals surface area (Å²) >= 11 is 0. The molecule has 17 heavy (non-hydrogen) atoms. The number of hydrogen-bond donors (Lipinski definition) is 1. The lowest BCUT2D eigenvalue weighted by atomic mass is 9.96. The van der Waals surface area contributed by atoms with Crippen LogP contribution in [0, 0.1) is 11.3 Å². The lowest BCUT2D eigenvalue weighted by Crippen LogP contribution is -1.97. The molecular formula is C14H15N3. The topological polar surface area (TPSA) is 62.7 Å². The lowest BCUT2D eigenvalue weighted by Gasteiger charge is -2.11. The zero-order valence-electron chi connectivity index (χ0n) is 10.1. The number of aromatic nitrogens is 1. The second-order valence-electron chi connectivity index (χ2n) is 4.28. The monoisotopic (exact) mass is 225 g/mol. The minimum absolute atomic E-state index is 0.443. The second-order valence-corrected chi connectivity index (χ2v) is 4.28. The van der Waals surface area contributed by atoms with Crippen LogP contribution >= 0.6 is 0 Å². The Balaban J connectivity index is 2.67. The minimum Gasteiger partial charge on any atom is -0.397 e. The van der Waals surface area contributed by atoms with Gasteiger partial charge in [-0.15, -0.1) is 0 Å². The van der Waals surface area contributed by atoms with Gasteiger partial charge in [-0.2, -0.15) is 5.26 Å². The fourth-order valence-electron chi connectivity index (χ4n) is 1.86. The molecule has 0 spiro atoms. The van der Waals surface area contributed by atoms with E-state index in [0.29, 0.717) is 17.2 Å². The maximum atomic E-state index is 8.93. The molecule has 1 aromatic carbocycles. The first kappa shape index (κ1) is 11.4. The molecule has 0 saturated heterocycles. The molecule has 3 heteroatoms. The summed E-state index contributed by atoms with van der Waals surface area (Å²) in [5.74, 6) is 0.490. The molecule has 0 aliphatic carbocycles. The highest BCUT2D eigenvalue weighted by Crippen LogP contribution is 2.27. The Labute approximate surface area is 101 Å². The Morgan fingerprint density at radius 1 is 1.47 bits per heavy atom. The molecule has 1 unspecified atom stereocenters. The van der Waals surface area contributed by atoms with Crippen LogP contribution in [0.2, 0.25) is 0 Å². The van der Waals surface area contributed by atoms with Gasteiger partial charge < -0.3 is 5.73 Å². The molecule has 0 aliphatic heterocycles. The average molecular weight is 225 g/mol. The Hall–Kier alpha value is -2.08. The van der Waals surface area contributed by atoms with Crippen molar-refractivity contribution in [3.05, 3.63) is 35.5 Å². The fourth-order valence-corrected chi connectivity index (χ4v) is 1.86. The molecule has 1 atom stereocenters. The number of nitrogen functional groups attached to an aromatic ring is 1. The summed E-state index contributed by atoms with van der Waals surface area (Å²) in [5, 5.41) is 9.81. The molecule has 0 aliphatic rings. The minimum atomic E-state index is 0.443. The maximum Gasteiger partial charge on any atom is 0.103 e. The van der Waals surface area contributed by atoms with Crippen LogP contribution in [0.4, 0.5) is 5.69 Å². The van der Waals surface area contributed by atoms with E-state index in [1.165, 1.54) is 11.8 Å². The highest BCUT2D eigenvalue weighted by molar-refractivity contribution is 5.93. The van der Waals surface area contributed by atoms with Crippen molar-refractivity contribution >= 4 is 16.6 Å². The van der Waals surface area contributed by atoms with E-state index in [1.807, 2.05) is 12.1 Å². The van der Waals surface area contributed by atoms with Crippen molar-refractivity contribution in [2.24, 2.45) is 0 Å². The predicted molar refractivity (Wildman–Crippen MR) is 69.6 cm³/mol. The third-order valence-corrected chi connectivity index (χ3v) is 3.24. The largest absolute Gasteiger partial charge is 0.397 e. The van der Waals surface area contributed by atoms with E-state index in [1.54, 1.807) is 0 Å². The number of nitrogens with two attached hydrogens (primary N) is 1. The number of nitrogens with zero attached hydrogens (tertiary/aromatic N) is 2. The van der Waals surface area contributed by atoms with Crippen molar-refractivity contribution in [2.75, 3.05) is 5.73 Å². The normalized spacial score (nSPS) is 12.3. The zero-order valence-corrected chi connectivity index (χ0v) is 10.1. The molecule has 86 valence electrons. The average Bonchev–Trinajstić information content (AvgIpc) is 2.38. The number of anilines is 1. The Morgan fingerprint density at radius 2 is 2.24 bits per heavy atom. The van der Waals surface area contributed by atoms with E-state index in [2.05, 4.69) is 31.0 Å². The van der Waals surface area contributed by atoms with Crippen LogP contribution in [0.3, 0.4) is 0 Å². The highest BCUT2D eigenvalue weighted by Gasteiger charge is 2.08. The molecule has 0 amide bonds. The second kappa shape index (κ2) is 4.42. The summed E-state index contributed by atoms with van der Waals surface area (Å²) in [6.07, 6.45) is 2.61. The Bertz CT molecular complexity index is 596. The van der Waals surface area contributed by atoms with Gasteiger partial charge in [0.15, 0.2) is 0 Å². The Kier molecular flexibility index (Phi) is 2.97. The van der Waals surface area contributed by atoms with Crippen LogP contribution in [0.25, 0.3) is 10.9 Å². The molecule has 0 saturated carbocycles. The summed E-state index contributed by atoms with van der Waals surface area (Å²) in [4.78, 5) is 4.24. The molecule has 1 aromatic heterocycles. The molecule has 0 fully saturated rings. The molecule has 0 radical (unpaired) electrons. The predicted octanol–water partition coefficient (Wildman–Crippen LogP) is 3.20. The quantitative estimate of drug-likeness (QED) is 0.853. The first-order chi connectivity index (χ1) is 8.17. The first-order valence-corrected chi connectivity index (χ1v) is 5.75. The van der Waals surface area contributed by atoms with Crippen molar-refractivity contribution in [2.45, 2.75) is 26.2 Å². The van der Waals surface area contributed by atoms with Crippen LogP contribution in [-0.2, 0) is 0 Å². The van der Waals surface area contributed by atoms with Gasteiger partial charge in [-0.3, -0.25) is 4.98 Å². The molecule has 2 aromatic rings. The lowest BCUT2D eigenvalue weighted by molar-refractivity contribution is 0.734. The number of hydrogen-bond acceptors (Lipinski definition) is 3. The van der Waals surface area contributed by atoms with Crippen molar-refractivity contribution in [3.8, 4) is 6.07 Å². The fraction of sp³-hybridized carbons (Fsp3) is 0.286. The standard InChI is InChI=1S/C14H15N3/c1-3-9(2)10-4-5-13-12(6-10)14(16)11(7-15)8-17-13/h4-6,8-9H,3H2,1-2H3,(H2,16,17). The maximum absolute atomic E-state index is 8.93. The number of nitriles is 1. The van der Waals surface area contributed by atoms with Gasteiger partial charge in [0, 0.05) is 11.6 Å². The van der Waals surface area contributed by atoms with Gasteiger partial charge in [-0.05, 0) is 30.0 Å². The van der Waals surface area contributed by atoms with Gasteiger partial charge in [-0.1, -0.05) is 19.9 Å². The van der Waals surface area contributed by atoms with E-state index in [-0.39, 0.29) is 0 Å². The van der Waals surface area contributed by atoms with E-state index in [4.69, 9.17) is 11.0 Å². The SMILES string of the molecule is CCC(C)c1ccc2ncc(C#N)c(N)c2c1. The number of rotatable bonds is 2. The molecule has 1 heterocycles. The molecule has 3 nitrogen and oxygen atoms in total. The van der Waals surface area contributed by atoms with Crippen molar-refractivity contribution in [3.63, 3.8) is 0 Å². The van der Waals surface area contributed by atoms with Gasteiger partial charge in [0.2, 0.25) is 0 Å². The Morgan fingerprint density at radius 3 is 2.88 bits per heavy atom. The summed E-state index contributed by atoms with van der Waals surface area (Å²) in [6, 6.07) is 8.16. The van der Waals surface area contributed by atoms with Crippen LogP contribution in [0.1, 0.15) is 37.3 Å². The van der Waals surface area contributed by atoms with Crippen LogP contribution in [0.5, 0.6) is 0 Å². The smallest absolute Gasteiger partial charge is 0.103 e. The van der Waals surface area contributed by atoms with Crippen LogP contribution in [0.15, 0.2) is 24.4 Å².